The second kappa shape index (κ2) is 9.75. The molecule has 0 bridgehead atoms. The Labute approximate surface area is 207 Å². The molecule has 1 saturated heterocycles. The zero-order valence-electron chi connectivity index (χ0n) is 19.4. The van der Waals surface area contributed by atoms with Crippen molar-refractivity contribution >= 4 is 34.1 Å². The quantitative estimate of drug-likeness (QED) is 0.544. The summed E-state index contributed by atoms with van der Waals surface area (Å²) in [6.07, 6.45) is 1.62. The number of aliphatic imine (C=N–C) groups is 1. The number of likely N-dealkylation sites (tertiary alicyclic amines) is 1. The van der Waals surface area contributed by atoms with E-state index in [1.807, 2.05) is 31.3 Å². The predicted octanol–water partition coefficient (Wildman–Crippen LogP) is 3.49. The van der Waals surface area contributed by atoms with Crippen LogP contribution in [0.4, 0.5) is 5.13 Å². The van der Waals surface area contributed by atoms with Gasteiger partial charge in [0.2, 0.25) is 0 Å². The Morgan fingerprint density at radius 2 is 1.86 bits per heavy atom. The molecule has 0 saturated carbocycles. The summed E-state index contributed by atoms with van der Waals surface area (Å²) in [6.45, 7) is 2.33. The van der Waals surface area contributed by atoms with Crippen molar-refractivity contribution < 1.29 is 19.1 Å². The summed E-state index contributed by atoms with van der Waals surface area (Å²) < 4.78 is 12.1. The van der Waals surface area contributed by atoms with E-state index in [1.165, 1.54) is 11.3 Å². The van der Waals surface area contributed by atoms with Gasteiger partial charge in [-0.25, -0.2) is 4.98 Å². The van der Waals surface area contributed by atoms with Crippen molar-refractivity contribution in [2.75, 3.05) is 39.0 Å². The number of carbonyl (C=O) groups excluding carboxylic acids is 2. The molecule has 1 aromatic heterocycles. The summed E-state index contributed by atoms with van der Waals surface area (Å²) in [4.78, 5) is 37.6. The fourth-order valence-electron chi connectivity index (χ4n) is 4.00. The van der Waals surface area contributed by atoms with E-state index in [4.69, 9.17) is 9.47 Å². The molecule has 1 N–H and O–H groups in total. The van der Waals surface area contributed by atoms with Gasteiger partial charge in [-0.3, -0.25) is 19.9 Å². The third-order valence-corrected chi connectivity index (χ3v) is 6.55. The lowest BCUT2D eigenvalue weighted by atomic mass is 10.1. The van der Waals surface area contributed by atoms with Crippen molar-refractivity contribution in [3.05, 3.63) is 65.2 Å². The van der Waals surface area contributed by atoms with Crippen LogP contribution >= 0.6 is 11.3 Å². The number of rotatable bonds is 7. The smallest absolute Gasteiger partial charge is 0.263 e. The van der Waals surface area contributed by atoms with Gasteiger partial charge in [0, 0.05) is 62.4 Å². The van der Waals surface area contributed by atoms with Gasteiger partial charge in [0.15, 0.2) is 11.2 Å². The molecule has 1 unspecified atom stereocenters. The van der Waals surface area contributed by atoms with Crippen molar-refractivity contribution in [1.82, 2.24) is 14.8 Å². The van der Waals surface area contributed by atoms with Crippen LogP contribution in [-0.2, 0) is 4.79 Å². The van der Waals surface area contributed by atoms with Crippen molar-refractivity contribution in [1.29, 1.82) is 0 Å². The molecule has 35 heavy (non-hydrogen) atoms. The summed E-state index contributed by atoms with van der Waals surface area (Å²) in [5.41, 5.74) is 1.35. The SMILES string of the molecule is CN1CCC(Oc2cc(Oc3ccc(C4=NCCN4C)cc3)cc(C(=O)Nc3nccs3)c2)C1=O. The largest absolute Gasteiger partial charge is 0.480 e. The van der Waals surface area contributed by atoms with Gasteiger partial charge in [-0.1, -0.05) is 0 Å². The van der Waals surface area contributed by atoms with E-state index in [0.29, 0.717) is 40.9 Å². The number of carbonyl (C=O) groups is 2. The van der Waals surface area contributed by atoms with Gasteiger partial charge in [-0.05, 0) is 36.4 Å². The molecular weight excluding hydrogens is 466 g/mol. The molecule has 0 spiro atoms. The minimum Gasteiger partial charge on any atom is -0.480 e. The number of nitrogens with zero attached hydrogens (tertiary/aromatic N) is 4. The zero-order valence-corrected chi connectivity index (χ0v) is 20.2. The Kier molecular flexibility index (Phi) is 6.37. The van der Waals surface area contributed by atoms with Crippen LogP contribution in [-0.4, -0.2) is 72.3 Å². The molecule has 3 aromatic rings. The van der Waals surface area contributed by atoms with Gasteiger partial charge >= 0.3 is 0 Å². The van der Waals surface area contributed by atoms with E-state index in [1.54, 1.807) is 41.7 Å². The van der Waals surface area contributed by atoms with Gasteiger partial charge in [0.05, 0.1) is 6.54 Å². The lowest BCUT2D eigenvalue weighted by molar-refractivity contribution is -0.132. The molecular formula is C25H25N5O4S. The number of amides is 2. The van der Waals surface area contributed by atoms with Crippen molar-refractivity contribution in [3.63, 3.8) is 0 Å². The molecule has 0 aliphatic carbocycles. The standard InChI is InChI=1S/C25H25N5O4S/c1-29-11-8-26-22(29)16-3-5-18(6-4-16)33-19-13-17(23(31)28-25-27-9-12-35-25)14-20(15-19)34-21-7-10-30(2)24(21)32/h3-6,9,12-15,21H,7-8,10-11H2,1-2H3,(H,27,28,31). The van der Waals surface area contributed by atoms with E-state index in [-0.39, 0.29) is 11.8 Å². The van der Waals surface area contributed by atoms with Crippen LogP contribution < -0.4 is 14.8 Å². The normalized spacial score (nSPS) is 17.5. The average molecular weight is 492 g/mol. The lowest BCUT2D eigenvalue weighted by Gasteiger charge is -2.16. The number of amidine groups is 1. The van der Waals surface area contributed by atoms with E-state index < -0.39 is 6.10 Å². The van der Waals surface area contributed by atoms with Crippen LogP contribution in [0.3, 0.4) is 0 Å². The van der Waals surface area contributed by atoms with Crippen LogP contribution in [0, 0.1) is 0 Å². The maximum absolute atomic E-state index is 12.9. The maximum atomic E-state index is 12.9. The monoisotopic (exact) mass is 491 g/mol. The van der Waals surface area contributed by atoms with E-state index in [0.717, 1.165) is 24.5 Å². The number of likely N-dealkylation sites (N-methyl/N-ethyl adjacent to an activating group) is 2. The van der Waals surface area contributed by atoms with E-state index in [9.17, 15) is 9.59 Å². The maximum Gasteiger partial charge on any atom is 0.263 e. The van der Waals surface area contributed by atoms with Gasteiger partial charge in [-0.15, -0.1) is 11.3 Å². The van der Waals surface area contributed by atoms with Crippen LogP contribution in [0.25, 0.3) is 0 Å². The number of ether oxygens (including phenoxy) is 2. The number of thiazole rings is 1. The molecule has 2 amide bonds. The Hall–Kier alpha value is -3.92. The third-order valence-electron chi connectivity index (χ3n) is 5.86. The highest BCUT2D eigenvalue weighted by Gasteiger charge is 2.31. The molecule has 2 aliphatic rings. The average Bonchev–Trinajstić information content (AvgIpc) is 3.59. The summed E-state index contributed by atoms with van der Waals surface area (Å²) >= 11 is 1.33. The first-order valence-corrected chi connectivity index (χ1v) is 12.2. The molecule has 0 radical (unpaired) electrons. The highest BCUT2D eigenvalue weighted by atomic mass is 32.1. The van der Waals surface area contributed by atoms with Gasteiger partial charge in [-0.2, -0.15) is 0 Å². The highest BCUT2D eigenvalue weighted by molar-refractivity contribution is 7.13. The fourth-order valence-corrected chi connectivity index (χ4v) is 4.52. The van der Waals surface area contributed by atoms with Crippen LogP contribution in [0.15, 0.2) is 59.0 Å². The Balaban J connectivity index is 1.39. The molecule has 5 rings (SSSR count). The topological polar surface area (TPSA) is 96.4 Å². The summed E-state index contributed by atoms with van der Waals surface area (Å²) in [5.74, 6) is 1.95. The molecule has 3 heterocycles. The molecule has 10 heteroatoms. The molecule has 1 atom stereocenters. The van der Waals surface area contributed by atoms with Crippen LogP contribution in [0.5, 0.6) is 17.2 Å². The molecule has 9 nitrogen and oxygen atoms in total. The summed E-state index contributed by atoms with van der Waals surface area (Å²) in [7, 11) is 3.77. The number of hydrogen-bond acceptors (Lipinski definition) is 8. The Morgan fingerprint density at radius 1 is 1.06 bits per heavy atom. The number of aromatic nitrogens is 1. The van der Waals surface area contributed by atoms with Crippen LogP contribution in [0.1, 0.15) is 22.3 Å². The van der Waals surface area contributed by atoms with Crippen molar-refractivity contribution in [2.24, 2.45) is 4.99 Å². The van der Waals surface area contributed by atoms with E-state index >= 15 is 0 Å². The minimum atomic E-state index is -0.589. The summed E-state index contributed by atoms with van der Waals surface area (Å²) in [5, 5.41) is 5.05. The van der Waals surface area contributed by atoms with Crippen molar-refractivity contribution in [2.45, 2.75) is 12.5 Å². The molecule has 180 valence electrons. The Morgan fingerprint density at radius 3 is 2.51 bits per heavy atom. The fraction of sp³-hybridized carbons (Fsp3) is 0.280. The third kappa shape index (κ3) is 5.12. The lowest BCUT2D eigenvalue weighted by Crippen LogP contribution is -2.29. The first kappa shape index (κ1) is 22.9. The van der Waals surface area contributed by atoms with E-state index in [2.05, 4.69) is 20.2 Å². The molecule has 2 aromatic carbocycles. The van der Waals surface area contributed by atoms with Crippen molar-refractivity contribution in [3.8, 4) is 17.2 Å². The number of anilines is 1. The first-order chi connectivity index (χ1) is 17.0. The summed E-state index contributed by atoms with van der Waals surface area (Å²) in [6, 6.07) is 12.6. The zero-order chi connectivity index (χ0) is 24.4. The number of benzene rings is 2. The second-order valence-corrected chi connectivity index (χ2v) is 9.29. The second-order valence-electron chi connectivity index (χ2n) is 8.39. The number of hydrogen-bond donors (Lipinski definition) is 1. The highest BCUT2D eigenvalue weighted by Crippen LogP contribution is 2.30. The van der Waals surface area contributed by atoms with Gasteiger partial charge in [0.1, 0.15) is 23.1 Å². The molecule has 2 aliphatic heterocycles. The minimum absolute atomic E-state index is 0.0829. The van der Waals surface area contributed by atoms with Crippen LogP contribution in [0.2, 0.25) is 0 Å². The predicted molar refractivity (Wildman–Crippen MR) is 134 cm³/mol. The van der Waals surface area contributed by atoms with Gasteiger partial charge < -0.3 is 19.3 Å². The van der Waals surface area contributed by atoms with Gasteiger partial charge in [0.25, 0.3) is 11.8 Å². The Bertz CT molecular complexity index is 1260. The first-order valence-electron chi connectivity index (χ1n) is 11.3. The number of nitrogens with one attached hydrogen (secondary N) is 1. The molecule has 1 fully saturated rings.